The van der Waals surface area contributed by atoms with Crippen molar-refractivity contribution in [1.29, 1.82) is 0 Å². The van der Waals surface area contributed by atoms with E-state index in [1.54, 1.807) is 12.1 Å². The molecule has 1 unspecified atom stereocenters. The van der Waals surface area contributed by atoms with Crippen molar-refractivity contribution in [3.05, 3.63) is 22.7 Å². The highest BCUT2D eigenvalue weighted by atomic mass is 35.5. The standard InChI is InChI=1S/C19H26ClN3O5/c1-26-14-9-13(20)12(8-15(14)28-7-6-22-18(25)27-2)17(24)23-16-10-19(16)4-3-5-21-11-19/h8-9,16,21H,3-7,10-11H2,1-2H3,(H,22,25)(H,23,24)/t16?,19-/m0/s1. The molecule has 1 spiro atoms. The van der Waals surface area contributed by atoms with Crippen LogP contribution in [0.4, 0.5) is 4.79 Å². The molecule has 2 atom stereocenters. The van der Waals surface area contributed by atoms with Crippen LogP contribution in [0.5, 0.6) is 11.5 Å². The number of rotatable bonds is 7. The number of hydrogen-bond acceptors (Lipinski definition) is 6. The van der Waals surface area contributed by atoms with E-state index < -0.39 is 6.09 Å². The molecule has 2 amide bonds. The van der Waals surface area contributed by atoms with Crippen LogP contribution in [-0.4, -0.2) is 58.5 Å². The number of carbonyl (C=O) groups is 2. The van der Waals surface area contributed by atoms with E-state index in [2.05, 4.69) is 20.7 Å². The van der Waals surface area contributed by atoms with Gasteiger partial charge in [0.05, 0.1) is 31.4 Å². The first kappa shape index (κ1) is 20.5. The third kappa shape index (κ3) is 4.62. The molecule has 0 radical (unpaired) electrons. The maximum atomic E-state index is 12.8. The molecule has 1 saturated carbocycles. The van der Waals surface area contributed by atoms with Crippen molar-refractivity contribution in [2.24, 2.45) is 5.41 Å². The molecule has 0 aromatic heterocycles. The van der Waals surface area contributed by atoms with Crippen LogP contribution in [0.3, 0.4) is 0 Å². The largest absolute Gasteiger partial charge is 0.493 e. The van der Waals surface area contributed by atoms with Gasteiger partial charge in [-0.2, -0.15) is 0 Å². The molecule has 2 fully saturated rings. The number of ether oxygens (including phenoxy) is 3. The molecule has 1 heterocycles. The molecular formula is C19H26ClN3O5. The zero-order chi connectivity index (χ0) is 20.1. The van der Waals surface area contributed by atoms with Gasteiger partial charge in [-0.1, -0.05) is 11.6 Å². The van der Waals surface area contributed by atoms with E-state index in [4.69, 9.17) is 21.1 Å². The highest BCUT2D eigenvalue weighted by molar-refractivity contribution is 6.34. The summed E-state index contributed by atoms with van der Waals surface area (Å²) < 4.78 is 15.4. The second-order valence-electron chi connectivity index (χ2n) is 7.12. The minimum absolute atomic E-state index is 0.166. The first-order valence-electron chi connectivity index (χ1n) is 9.33. The van der Waals surface area contributed by atoms with Crippen molar-refractivity contribution in [2.75, 3.05) is 40.5 Å². The Hall–Kier alpha value is -2.19. The Morgan fingerprint density at radius 2 is 2.14 bits per heavy atom. The fourth-order valence-corrected chi connectivity index (χ4v) is 3.86. The van der Waals surface area contributed by atoms with E-state index in [9.17, 15) is 9.59 Å². The summed E-state index contributed by atoms with van der Waals surface area (Å²) in [7, 11) is 2.78. The number of methoxy groups -OCH3 is 2. The van der Waals surface area contributed by atoms with Crippen molar-refractivity contribution in [3.63, 3.8) is 0 Å². The molecule has 28 heavy (non-hydrogen) atoms. The van der Waals surface area contributed by atoms with Gasteiger partial charge in [0, 0.05) is 24.1 Å². The van der Waals surface area contributed by atoms with Gasteiger partial charge in [0.15, 0.2) is 11.5 Å². The van der Waals surface area contributed by atoms with Gasteiger partial charge < -0.3 is 30.2 Å². The molecule has 3 N–H and O–H groups in total. The predicted octanol–water partition coefficient (Wildman–Crippen LogP) is 1.96. The van der Waals surface area contributed by atoms with Gasteiger partial charge in [-0.15, -0.1) is 0 Å². The molecular weight excluding hydrogens is 386 g/mol. The van der Waals surface area contributed by atoms with Gasteiger partial charge in [-0.3, -0.25) is 4.79 Å². The van der Waals surface area contributed by atoms with Crippen LogP contribution in [-0.2, 0) is 4.74 Å². The Balaban J connectivity index is 1.63. The molecule has 0 bridgehead atoms. The van der Waals surface area contributed by atoms with Crippen LogP contribution in [0.2, 0.25) is 5.02 Å². The topological polar surface area (TPSA) is 97.9 Å². The minimum atomic E-state index is -0.540. The van der Waals surface area contributed by atoms with Crippen molar-refractivity contribution in [3.8, 4) is 11.5 Å². The zero-order valence-corrected chi connectivity index (χ0v) is 16.9. The maximum Gasteiger partial charge on any atom is 0.406 e. The minimum Gasteiger partial charge on any atom is -0.493 e. The summed E-state index contributed by atoms with van der Waals surface area (Å²) in [5, 5.41) is 9.31. The first-order valence-corrected chi connectivity index (χ1v) is 9.70. The second kappa shape index (κ2) is 8.87. The maximum absolute atomic E-state index is 12.8. The molecule has 154 valence electrons. The number of hydrogen-bond donors (Lipinski definition) is 3. The van der Waals surface area contributed by atoms with Crippen LogP contribution < -0.4 is 25.4 Å². The fourth-order valence-electron chi connectivity index (χ4n) is 3.62. The van der Waals surface area contributed by atoms with Crippen LogP contribution in [0.25, 0.3) is 0 Å². The molecule has 8 nitrogen and oxygen atoms in total. The zero-order valence-electron chi connectivity index (χ0n) is 16.1. The normalized spacial score (nSPS) is 23.0. The number of benzene rings is 1. The smallest absolute Gasteiger partial charge is 0.406 e. The van der Waals surface area contributed by atoms with E-state index in [1.807, 2.05) is 0 Å². The number of nitrogens with one attached hydrogen (secondary N) is 3. The van der Waals surface area contributed by atoms with E-state index in [-0.39, 0.29) is 30.5 Å². The van der Waals surface area contributed by atoms with Crippen molar-refractivity contribution in [2.45, 2.75) is 25.3 Å². The van der Waals surface area contributed by atoms with Gasteiger partial charge in [0.25, 0.3) is 5.91 Å². The Morgan fingerprint density at radius 3 is 2.82 bits per heavy atom. The van der Waals surface area contributed by atoms with Gasteiger partial charge in [-0.25, -0.2) is 4.79 Å². The average molecular weight is 412 g/mol. The lowest BCUT2D eigenvalue weighted by Crippen LogP contribution is -2.38. The van der Waals surface area contributed by atoms with Crippen LogP contribution >= 0.6 is 11.6 Å². The van der Waals surface area contributed by atoms with Gasteiger partial charge >= 0.3 is 6.09 Å². The van der Waals surface area contributed by atoms with E-state index in [1.165, 1.54) is 14.2 Å². The lowest BCUT2D eigenvalue weighted by molar-refractivity contribution is 0.0942. The molecule has 1 aliphatic carbocycles. The van der Waals surface area contributed by atoms with Crippen LogP contribution in [0, 0.1) is 5.41 Å². The van der Waals surface area contributed by atoms with Crippen molar-refractivity contribution >= 4 is 23.6 Å². The van der Waals surface area contributed by atoms with E-state index >= 15 is 0 Å². The quantitative estimate of drug-likeness (QED) is 0.593. The Kier molecular flexibility index (Phi) is 6.51. The summed E-state index contributed by atoms with van der Waals surface area (Å²) in [5.74, 6) is 0.574. The Morgan fingerprint density at radius 1 is 1.32 bits per heavy atom. The highest BCUT2D eigenvalue weighted by Crippen LogP contribution is 2.50. The first-order chi connectivity index (χ1) is 13.5. The molecule has 1 aromatic rings. The number of halogens is 1. The Labute approximate surface area is 169 Å². The predicted molar refractivity (Wildman–Crippen MR) is 104 cm³/mol. The average Bonchev–Trinajstić information content (AvgIpc) is 3.35. The van der Waals surface area contributed by atoms with E-state index in [0.29, 0.717) is 22.1 Å². The molecule has 1 aliphatic heterocycles. The molecule has 1 aromatic carbocycles. The summed E-state index contributed by atoms with van der Waals surface area (Å²) in [5.41, 5.74) is 0.523. The van der Waals surface area contributed by atoms with Crippen LogP contribution in [0.15, 0.2) is 12.1 Å². The second-order valence-corrected chi connectivity index (χ2v) is 7.53. The fraction of sp³-hybridized carbons (Fsp3) is 0.579. The third-order valence-electron chi connectivity index (χ3n) is 5.31. The summed E-state index contributed by atoms with van der Waals surface area (Å²) in [6, 6.07) is 3.30. The monoisotopic (exact) mass is 411 g/mol. The van der Waals surface area contributed by atoms with Crippen molar-refractivity contribution in [1.82, 2.24) is 16.0 Å². The molecule has 2 aliphatic rings. The van der Waals surface area contributed by atoms with Crippen molar-refractivity contribution < 1.29 is 23.8 Å². The molecule has 3 rings (SSSR count). The van der Waals surface area contributed by atoms with Gasteiger partial charge in [-0.05, 0) is 31.9 Å². The molecule has 1 saturated heterocycles. The SMILES string of the molecule is COC(=O)NCCOc1cc(C(=O)NC2C[C@]23CCCNC3)c(Cl)cc1OC. The number of carbonyl (C=O) groups excluding carboxylic acids is 2. The number of amides is 2. The molecule has 9 heteroatoms. The van der Waals surface area contributed by atoms with Gasteiger partial charge in [0.2, 0.25) is 0 Å². The summed E-state index contributed by atoms with van der Waals surface area (Å²) in [6.07, 6.45) is 2.71. The lowest BCUT2D eigenvalue weighted by atomic mass is 9.95. The Bertz CT molecular complexity index is 737. The van der Waals surface area contributed by atoms with Crippen LogP contribution in [0.1, 0.15) is 29.6 Å². The number of piperidine rings is 1. The summed E-state index contributed by atoms with van der Waals surface area (Å²) in [6.45, 7) is 2.41. The van der Waals surface area contributed by atoms with Gasteiger partial charge in [0.1, 0.15) is 6.61 Å². The third-order valence-corrected chi connectivity index (χ3v) is 5.63. The number of alkyl carbamates (subject to hydrolysis) is 1. The van der Waals surface area contributed by atoms with E-state index in [0.717, 1.165) is 32.4 Å². The lowest BCUT2D eigenvalue weighted by Gasteiger charge is -2.23. The summed E-state index contributed by atoms with van der Waals surface area (Å²) >= 11 is 6.30. The summed E-state index contributed by atoms with van der Waals surface area (Å²) in [4.78, 5) is 23.8. The highest BCUT2D eigenvalue weighted by Gasteiger charge is 2.54.